The first-order valence-corrected chi connectivity index (χ1v) is 17.4. The van der Waals surface area contributed by atoms with Crippen molar-refractivity contribution < 1.29 is 33.7 Å². The van der Waals surface area contributed by atoms with Crippen LogP contribution in [0.1, 0.15) is 82.6 Å². The molecule has 1 fully saturated rings. The van der Waals surface area contributed by atoms with Crippen LogP contribution in [-0.2, 0) is 39.1 Å². The van der Waals surface area contributed by atoms with E-state index in [9.17, 15) is 19.5 Å². The van der Waals surface area contributed by atoms with Gasteiger partial charge in [-0.15, -0.1) is 0 Å². The molecule has 2 atom stereocenters. The van der Waals surface area contributed by atoms with E-state index in [0.29, 0.717) is 24.0 Å². The molecule has 1 saturated carbocycles. The predicted molar refractivity (Wildman–Crippen MR) is 188 cm³/mol. The monoisotopic (exact) mass is 670 g/mol. The van der Waals surface area contributed by atoms with Crippen molar-refractivity contribution in [2.45, 2.75) is 97.2 Å². The number of nitrogens with one attached hydrogen (secondary N) is 1. The fraction of sp³-hybridized carbons (Fsp3) is 0.475. The zero-order valence-corrected chi connectivity index (χ0v) is 29.4. The molecule has 262 valence electrons. The lowest BCUT2D eigenvalue weighted by molar-refractivity contribution is -0.142. The number of fused-ring (bicyclic) bond motifs is 1. The predicted octanol–water partition coefficient (Wildman–Crippen LogP) is 7.68. The van der Waals surface area contributed by atoms with Crippen molar-refractivity contribution in [3.8, 4) is 17.2 Å². The third-order valence-corrected chi connectivity index (χ3v) is 9.28. The highest BCUT2D eigenvalue weighted by atomic mass is 16.6. The number of hydrogen-bond donors (Lipinski definition) is 2. The van der Waals surface area contributed by atoms with Gasteiger partial charge in [0.1, 0.15) is 29.3 Å². The molecular weight excluding hydrogens is 620 g/mol. The summed E-state index contributed by atoms with van der Waals surface area (Å²) in [5.41, 5.74) is 3.69. The Labute approximate surface area is 289 Å². The van der Waals surface area contributed by atoms with E-state index >= 15 is 0 Å². The molecule has 2 amide bonds. The summed E-state index contributed by atoms with van der Waals surface area (Å²) in [4.78, 5) is 40.8. The number of ether oxygens (including phenoxy) is 3. The van der Waals surface area contributed by atoms with Gasteiger partial charge in [-0.25, -0.2) is 9.59 Å². The zero-order chi connectivity index (χ0) is 35.1. The van der Waals surface area contributed by atoms with Crippen LogP contribution in [0.5, 0.6) is 17.2 Å². The first kappa shape index (κ1) is 35.8. The Morgan fingerprint density at radius 3 is 2.18 bits per heavy atom. The topological polar surface area (TPSA) is 114 Å². The van der Waals surface area contributed by atoms with Gasteiger partial charge in [-0.2, -0.15) is 0 Å². The summed E-state index contributed by atoms with van der Waals surface area (Å²) >= 11 is 0. The smallest absolute Gasteiger partial charge is 0.410 e. The molecule has 1 aliphatic carbocycles. The van der Waals surface area contributed by atoms with Crippen molar-refractivity contribution in [1.29, 1.82) is 0 Å². The van der Waals surface area contributed by atoms with E-state index < -0.39 is 30.1 Å². The minimum Gasteiger partial charge on any atom is -0.493 e. The maximum absolute atomic E-state index is 13.8. The van der Waals surface area contributed by atoms with Crippen molar-refractivity contribution in [3.05, 3.63) is 89.0 Å². The molecule has 1 unspecified atom stereocenters. The molecule has 0 spiro atoms. The summed E-state index contributed by atoms with van der Waals surface area (Å²) in [6, 6.07) is 18.8. The van der Waals surface area contributed by atoms with Crippen LogP contribution in [0.15, 0.2) is 66.7 Å². The molecule has 2 aliphatic rings. The number of hydrogen-bond acceptors (Lipinski definition) is 6. The van der Waals surface area contributed by atoms with Crippen LogP contribution in [0.4, 0.5) is 4.79 Å². The first-order chi connectivity index (χ1) is 23.4. The van der Waals surface area contributed by atoms with Crippen molar-refractivity contribution in [2.24, 2.45) is 11.8 Å². The summed E-state index contributed by atoms with van der Waals surface area (Å²) in [7, 11) is 0. The van der Waals surface area contributed by atoms with Crippen LogP contribution in [0, 0.1) is 11.8 Å². The van der Waals surface area contributed by atoms with Crippen LogP contribution in [0.25, 0.3) is 0 Å². The molecule has 0 aromatic heterocycles. The van der Waals surface area contributed by atoms with Crippen molar-refractivity contribution in [2.75, 3.05) is 13.2 Å². The lowest BCUT2D eigenvalue weighted by atomic mass is 9.87. The maximum atomic E-state index is 13.8. The normalized spacial score (nSPS) is 16.9. The van der Waals surface area contributed by atoms with Gasteiger partial charge in [0.2, 0.25) is 5.91 Å². The van der Waals surface area contributed by atoms with Gasteiger partial charge in [-0.3, -0.25) is 9.69 Å². The van der Waals surface area contributed by atoms with Crippen LogP contribution < -0.4 is 14.8 Å². The van der Waals surface area contributed by atoms with Crippen LogP contribution in [0.3, 0.4) is 0 Å². The van der Waals surface area contributed by atoms with Crippen LogP contribution >= 0.6 is 0 Å². The van der Waals surface area contributed by atoms with E-state index in [1.54, 1.807) is 0 Å². The van der Waals surface area contributed by atoms with Gasteiger partial charge in [0.05, 0.1) is 19.8 Å². The molecule has 2 N–H and O–H groups in total. The second-order valence-electron chi connectivity index (χ2n) is 14.8. The summed E-state index contributed by atoms with van der Waals surface area (Å²) in [6.45, 7) is 11.3. The highest BCUT2D eigenvalue weighted by molar-refractivity contribution is 5.90. The number of carboxylic acid groups (broad SMARTS) is 1. The highest BCUT2D eigenvalue weighted by Crippen LogP contribution is 2.32. The van der Waals surface area contributed by atoms with Gasteiger partial charge in [0.15, 0.2) is 0 Å². The minimum absolute atomic E-state index is 0.0280. The standard InChI is InChI=1S/C40H50N2O7/c1-26(2)24-48-39(46)42-23-30-21-34(49-33-18-13-31(14-19-33)40(3,4)5)17-12-29(30)22-36(42)37(43)41-35(38(44)45)20-27-10-15-32(16-11-27)47-25-28-8-6-7-9-28/h10-19,21,26,28,35-36H,6-9,20,22-25H2,1-5H3,(H,41,43)(H,44,45)/t35?,36-/m0/s1. The SMILES string of the molecule is CC(C)COC(=O)N1Cc2cc(Oc3ccc(C(C)(C)C)cc3)ccc2C[C@H]1C(=O)NC(Cc1ccc(OCC2CCCC2)cc1)C(=O)O. The van der Waals surface area contributed by atoms with E-state index in [2.05, 4.69) is 38.2 Å². The molecule has 0 radical (unpaired) electrons. The quantitative estimate of drug-likeness (QED) is 0.203. The number of amides is 2. The number of aliphatic carboxylic acids is 1. The Kier molecular flexibility index (Phi) is 11.5. The van der Waals surface area contributed by atoms with Crippen LogP contribution in [0.2, 0.25) is 0 Å². The third-order valence-electron chi connectivity index (χ3n) is 9.28. The Morgan fingerprint density at radius 2 is 1.55 bits per heavy atom. The number of benzene rings is 3. The summed E-state index contributed by atoms with van der Waals surface area (Å²) in [5.74, 6) is 1.05. The number of carboxylic acids is 1. The molecule has 5 rings (SSSR count). The van der Waals surface area contributed by atoms with Gasteiger partial charge in [-0.05, 0) is 88.7 Å². The number of carbonyl (C=O) groups is 3. The van der Waals surface area contributed by atoms with Gasteiger partial charge >= 0.3 is 12.1 Å². The molecule has 3 aromatic rings. The lowest BCUT2D eigenvalue weighted by Gasteiger charge is -2.36. The summed E-state index contributed by atoms with van der Waals surface area (Å²) in [6.07, 6.45) is 4.56. The molecule has 0 saturated heterocycles. The molecule has 9 nitrogen and oxygen atoms in total. The Bertz CT molecular complexity index is 1590. The Hall–Kier alpha value is -4.53. The second kappa shape index (κ2) is 15.8. The molecule has 9 heteroatoms. The van der Waals surface area contributed by atoms with E-state index in [1.807, 2.05) is 68.4 Å². The summed E-state index contributed by atoms with van der Waals surface area (Å²) in [5, 5.41) is 12.8. The average molecular weight is 671 g/mol. The lowest BCUT2D eigenvalue weighted by Crippen LogP contribution is -2.56. The van der Waals surface area contributed by atoms with Crippen LogP contribution in [-0.4, -0.2) is 53.3 Å². The number of rotatable bonds is 12. The fourth-order valence-electron chi connectivity index (χ4n) is 6.35. The van der Waals surface area contributed by atoms with E-state index in [-0.39, 0.29) is 37.3 Å². The molecule has 3 aromatic carbocycles. The second-order valence-corrected chi connectivity index (χ2v) is 14.8. The minimum atomic E-state index is -1.19. The van der Waals surface area contributed by atoms with Gasteiger partial charge in [-0.1, -0.05) is 77.8 Å². The molecule has 1 heterocycles. The highest BCUT2D eigenvalue weighted by Gasteiger charge is 2.37. The fourth-order valence-corrected chi connectivity index (χ4v) is 6.35. The Morgan fingerprint density at radius 1 is 0.898 bits per heavy atom. The molecule has 1 aliphatic heterocycles. The van der Waals surface area contributed by atoms with Crippen molar-refractivity contribution in [3.63, 3.8) is 0 Å². The first-order valence-electron chi connectivity index (χ1n) is 17.4. The average Bonchev–Trinajstić information content (AvgIpc) is 3.59. The van der Waals surface area contributed by atoms with Gasteiger partial charge in [0, 0.05) is 12.8 Å². The maximum Gasteiger partial charge on any atom is 0.410 e. The largest absolute Gasteiger partial charge is 0.493 e. The van der Waals surface area contributed by atoms with E-state index in [4.69, 9.17) is 14.2 Å². The Balaban J connectivity index is 1.28. The van der Waals surface area contributed by atoms with Gasteiger partial charge in [0.25, 0.3) is 0 Å². The third kappa shape index (κ3) is 9.77. The van der Waals surface area contributed by atoms with Crippen molar-refractivity contribution in [1.82, 2.24) is 10.2 Å². The van der Waals surface area contributed by atoms with E-state index in [1.165, 1.54) is 36.1 Å². The molecule has 0 bridgehead atoms. The molecular formula is C40H50N2O7. The zero-order valence-electron chi connectivity index (χ0n) is 29.4. The summed E-state index contributed by atoms with van der Waals surface area (Å²) < 4.78 is 17.7. The van der Waals surface area contributed by atoms with Crippen molar-refractivity contribution >= 4 is 18.0 Å². The van der Waals surface area contributed by atoms with Gasteiger partial charge < -0.3 is 24.6 Å². The number of carbonyl (C=O) groups excluding carboxylic acids is 2. The van der Waals surface area contributed by atoms with E-state index in [0.717, 1.165) is 22.4 Å². The number of nitrogens with zero attached hydrogens (tertiary/aromatic N) is 1. The molecule has 49 heavy (non-hydrogen) atoms.